The van der Waals surface area contributed by atoms with Gasteiger partial charge in [-0.3, -0.25) is 0 Å². The lowest BCUT2D eigenvalue weighted by Crippen LogP contribution is -2.01. The highest BCUT2D eigenvalue weighted by Crippen LogP contribution is 2.23. The summed E-state index contributed by atoms with van der Waals surface area (Å²) in [4.78, 5) is 8.02. The standard InChI is InChI=1S/C14H15N3/c15-9-3-6-13-16-12-8-7-10-4-1-2-5-11(10)14(12)17-13/h1-2,4-5,7-8H,3,6,9,15H2,(H,16,17). The van der Waals surface area contributed by atoms with E-state index in [1.807, 2.05) is 0 Å². The SMILES string of the molecule is NCCCc1nc2c(ccc3ccccc32)[nH]1. The molecule has 2 aromatic carbocycles. The summed E-state index contributed by atoms with van der Waals surface area (Å²) >= 11 is 0. The Labute approximate surface area is 99.7 Å². The highest BCUT2D eigenvalue weighted by atomic mass is 14.9. The number of rotatable bonds is 3. The van der Waals surface area contributed by atoms with Crippen molar-refractivity contribution in [2.24, 2.45) is 5.73 Å². The Bertz CT molecular complexity index is 655. The summed E-state index contributed by atoms with van der Waals surface area (Å²) in [6.45, 7) is 0.706. The Hall–Kier alpha value is -1.87. The normalized spacial score (nSPS) is 11.4. The third-order valence-corrected chi connectivity index (χ3v) is 3.04. The van der Waals surface area contributed by atoms with Crippen molar-refractivity contribution in [3.8, 4) is 0 Å². The van der Waals surface area contributed by atoms with Gasteiger partial charge in [-0.2, -0.15) is 0 Å². The molecule has 1 aromatic heterocycles. The van der Waals surface area contributed by atoms with Crippen molar-refractivity contribution in [2.75, 3.05) is 6.54 Å². The second kappa shape index (κ2) is 4.18. The smallest absolute Gasteiger partial charge is 0.107 e. The number of hydrogen-bond donors (Lipinski definition) is 2. The molecule has 0 saturated carbocycles. The lowest BCUT2D eigenvalue weighted by Gasteiger charge is -1.96. The molecular weight excluding hydrogens is 210 g/mol. The first kappa shape index (κ1) is 10.3. The highest BCUT2D eigenvalue weighted by Gasteiger charge is 2.05. The first-order valence-corrected chi connectivity index (χ1v) is 5.95. The lowest BCUT2D eigenvalue weighted by molar-refractivity contribution is 0.797. The molecule has 3 aromatic rings. The molecule has 86 valence electrons. The Kier molecular flexibility index (Phi) is 2.53. The van der Waals surface area contributed by atoms with Crippen LogP contribution in [0.15, 0.2) is 36.4 Å². The predicted octanol–water partition coefficient (Wildman–Crippen LogP) is 2.61. The molecule has 0 spiro atoms. The van der Waals surface area contributed by atoms with Crippen molar-refractivity contribution in [1.82, 2.24) is 9.97 Å². The zero-order valence-corrected chi connectivity index (χ0v) is 9.61. The first-order chi connectivity index (χ1) is 8.38. The van der Waals surface area contributed by atoms with Crippen molar-refractivity contribution in [3.05, 3.63) is 42.2 Å². The van der Waals surface area contributed by atoms with E-state index in [1.165, 1.54) is 10.8 Å². The van der Waals surface area contributed by atoms with E-state index in [1.54, 1.807) is 0 Å². The molecule has 17 heavy (non-hydrogen) atoms. The zero-order chi connectivity index (χ0) is 11.7. The Morgan fingerprint density at radius 1 is 1.12 bits per heavy atom. The van der Waals surface area contributed by atoms with Gasteiger partial charge in [-0.15, -0.1) is 0 Å². The van der Waals surface area contributed by atoms with Crippen molar-refractivity contribution >= 4 is 21.8 Å². The van der Waals surface area contributed by atoms with E-state index >= 15 is 0 Å². The number of nitrogens with two attached hydrogens (primary N) is 1. The maximum atomic E-state index is 5.52. The monoisotopic (exact) mass is 225 g/mol. The van der Waals surface area contributed by atoms with Crippen molar-refractivity contribution in [3.63, 3.8) is 0 Å². The van der Waals surface area contributed by atoms with E-state index in [0.717, 1.165) is 29.7 Å². The minimum atomic E-state index is 0.706. The van der Waals surface area contributed by atoms with Crippen LogP contribution in [-0.2, 0) is 6.42 Å². The van der Waals surface area contributed by atoms with Crippen molar-refractivity contribution in [1.29, 1.82) is 0 Å². The van der Waals surface area contributed by atoms with Gasteiger partial charge < -0.3 is 10.7 Å². The molecule has 0 fully saturated rings. The topological polar surface area (TPSA) is 54.7 Å². The number of nitrogens with one attached hydrogen (secondary N) is 1. The minimum Gasteiger partial charge on any atom is -0.342 e. The maximum absolute atomic E-state index is 5.52. The van der Waals surface area contributed by atoms with Crippen LogP contribution in [-0.4, -0.2) is 16.5 Å². The van der Waals surface area contributed by atoms with Gasteiger partial charge in [-0.25, -0.2) is 4.98 Å². The Morgan fingerprint density at radius 3 is 2.88 bits per heavy atom. The fourth-order valence-corrected chi connectivity index (χ4v) is 2.18. The van der Waals surface area contributed by atoms with E-state index in [9.17, 15) is 0 Å². The lowest BCUT2D eigenvalue weighted by atomic mass is 10.1. The van der Waals surface area contributed by atoms with Crippen LogP contribution in [0.1, 0.15) is 12.2 Å². The number of benzene rings is 2. The van der Waals surface area contributed by atoms with Gasteiger partial charge >= 0.3 is 0 Å². The molecule has 3 rings (SSSR count). The van der Waals surface area contributed by atoms with Crippen LogP contribution in [0, 0.1) is 0 Å². The molecule has 3 heteroatoms. The number of imidazole rings is 1. The molecule has 0 radical (unpaired) electrons. The summed E-state index contributed by atoms with van der Waals surface area (Å²) in [5.74, 6) is 1.03. The molecule has 1 heterocycles. The van der Waals surface area contributed by atoms with Crippen molar-refractivity contribution in [2.45, 2.75) is 12.8 Å². The molecule has 3 nitrogen and oxygen atoms in total. The minimum absolute atomic E-state index is 0.706. The molecule has 0 aliphatic carbocycles. The summed E-state index contributed by atoms with van der Waals surface area (Å²) in [6, 6.07) is 12.6. The second-order valence-electron chi connectivity index (χ2n) is 4.26. The average molecular weight is 225 g/mol. The van der Waals surface area contributed by atoms with Crippen LogP contribution in [0.3, 0.4) is 0 Å². The molecule has 0 saturated heterocycles. The van der Waals surface area contributed by atoms with Crippen LogP contribution in [0.5, 0.6) is 0 Å². The van der Waals surface area contributed by atoms with Gasteiger partial charge in [0.25, 0.3) is 0 Å². The van der Waals surface area contributed by atoms with Gasteiger partial charge in [-0.1, -0.05) is 30.3 Å². The number of aromatic amines is 1. The maximum Gasteiger partial charge on any atom is 0.107 e. The van der Waals surface area contributed by atoms with Crippen LogP contribution in [0.2, 0.25) is 0 Å². The second-order valence-corrected chi connectivity index (χ2v) is 4.26. The third-order valence-electron chi connectivity index (χ3n) is 3.04. The summed E-state index contributed by atoms with van der Waals surface area (Å²) in [5.41, 5.74) is 7.69. The molecular formula is C14H15N3. The largest absolute Gasteiger partial charge is 0.342 e. The zero-order valence-electron chi connectivity index (χ0n) is 9.61. The van der Waals surface area contributed by atoms with Gasteiger partial charge in [0.2, 0.25) is 0 Å². The number of fused-ring (bicyclic) bond motifs is 3. The fourth-order valence-electron chi connectivity index (χ4n) is 2.18. The predicted molar refractivity (Wildman–Crippen MR) is 71.0 cm³/mol. The summed E-state index contributed by atoms with van der Waals surface area (Å²) in [5, 5.41) is 2.44. The quantitative estimate of drug-likeness (QED) is 0.720. The summed E-state index contributed by atoms with van der Waals surface area (Å²) < 4.78 is 0. The van der Waals surface area contributed by atoms with Crippen molar-refractivity contribution < 1.29 is 0 Å². The molecule has 0 bridgehead atoms. The van der Waals surface area contributed by atoms with Gasteiger partial charge in [0, 0.05) is 11.8 Å². The van der Waals surface area contributed by atoms with Gasteiger partial charge in [0.05, 0.1) is 11.0 Å². The molecule has 0 unspecified atom stereocenters. The molecule has 0 aliphatic rings. The van der Waals surface area contributed by atoms with Crippen LogP contribution < -0.4 is 5.73 Å². The average Bonchev–Trinajstić information content (AvgIpc) is 2.79. The van der Waals surface area contributed by atoms with E-state index in [-0.39, 0.29) is 0 Å². The first-order valence-electron chi connectivity index (χ1n) is 5.95. The molecule has 3 N–H and O–H groups in total. The number of H-pyrrole nitrogens is 1. The van der Waals surface area contributed by atoms with E-state index in [4.69, 9.17) is 5.73 Å². The summed E-state index contributed by atoms with van der Waals surface area (Å²) in [7, 11) is 0. The number of aromatic nitrogens is 2. The summed E-state index contributed by atoms with van der Waals surface area (Å²) in [6.07, 6.45) is 1.89. The van der Waals surface area contributed by atoms with E-state index in [2.05, 4.69) is 46.4 Å². The number of hydrogen-bond acceptors (Lipinski definition) is 2. The van der Waals surface area contributed by atoms with Crippen LogP contribution in [0.4, 0.5) is 0 Å². The highest BCUT2D eigenvalue weighted by molar-refractivity contribution is 6.04. The van der Waals surface area contributed by atoms with Gasteiger partial charge in [0.1, 0.15) is 5.82 Å². The molecule has 0 aliphatic heterocycles. The van der Waals surface area contributed by atoms with Crippen LogP contribution in [0.25, 0.3) is 21.8 Å². The van der Waals surface area contributed by atoms with Gasteiger partial charge in [0.15, 0.2) is 0 Å². The van der Waals surface area contributed by atoms with E-state index in [0.29, 0.717) is 6.54 Å². The van der Waals surface area contributed by atoms with Crippen LogP contribution >= 0.6 is 0 Å². The Balaban J connectivity index is 2.17. The van der Waals surface area contributed by atoms with Gasteiger partial charge in [-0.05, 0) is 24.4 Å². The number of aryl methyl sites for hydroxylation is 1. The van der Waals surface area contributed by atoms with E-state index < -0.39 is 0 Å². The Morgan fingerprint density at radius 2 is 2.00 bits per heavy atom. The third kappa shape index (κ3) is 1.78. The number of nitrogens with zero attached hydrogens (tertiary/aromatic N) is 1. The molecule has 0 amide bonds. The molecule has 0 atom stereocenters. The fraction of sp³-hybridized carbons (Fsp3) is 0.214.